The van der Waals surface area contributed by atoms with E-state index < -0.39 is 6.04 Å². The van der Waals surface area contributed by atoms with E-state index in [4.69, 9.17) is 23.2 Å². The number of benzene rings is 2. The van der Waals surface area contributed by atoms with Crippen LogP contribution in [0.4, 0.5) is 0 Å². The highest BCUT2D eigenvalue weighted by Gasteiger charge is 2.43. The number of rotatable bonds is 2. The Morgan fingerprint density at radius 2 is 1.90 bits per heavy atom. The number of nitrogens with one attached hydrogen (secondary N) is 1. The Hall–Kier alpha value is -2.83. The number of H-pyrrole nitrogens is 1. The molecular weight excluding hydrogens is 411 g/mol. The van der Waals surface area contributed by atoms with Crippen LogP contribution in [0.3, 0.4) is 0 Å². The number of carbonyl (C=O) groups excluding carboxylic acids is 2. The Kier molecular flexibility index (Phi) is 4.33. The maximum absolute atomic E-state index is 13.1. The third-order valence-corrected chi connectivity index (χ3v) is 6.30. The maximum atomic E-state index is 13.1. The van der Waals surface area contributed by atoms with Gasteiger partial charge in [0.15, 0.2) is 0 Å². The zero-order chi connectivity index (χ0) is 20.1. The number of halogens is 2. The van der Waals surface area contributed by atoms with Crippen molar-refractivity contribution < 1.29 is 9.59 Å². The number of carbonyl (C=O) groups is 2. The molecule has 0 saturated carbocycles. The van der Waals surface area contributed by atoms with Crippen LogP contribution in [0.1, 0.15) is 16.8 Å². The standard InChI is InChI=1S/C21H16Cl2N4O2/c22-15-6-3-4-12(20(15)23)9-24-27-11-19(28)26-10-17-14(8-18(26)21(27)29)13-5-1-2-7-16(13)25-17/h1-7,9,18,25H,8,10-11H2/b24-9-/t18-/m1/s1. The average Bonchev–Trinajstić information content (AvgIpc) is 3.09. The second-order valence-electron chi connectivity index (χ2n) is 7.15. The SMILES string of the molecule is O=C1[C@H]2Cc3c([nH]c4ccccc34)CN2C(=O)CN1/N=C\c1cccc(Cl)c1Cl. The van der Waals surface area contributed by atoms with Crippen LogP contribution in [0, 0.1) is 0 Å². The van der Waals surface area contributed by atoms with E-state index in [1.807, 2.05) is 24.3 Å². The van der Waals surface area contributed by atoms with Gasteiger partial charge >= 0.3 is 0 Å². The largest absolute Gasteiger partial charge is 0.357 e. The van der Waals surface area contributed by atoms with Crippen LogP contribution in [-0.2, 0) is 22.6 Å². The van der Waals surface area contributed by atoms with Crippen LogP contribution in [-0.4, -0.2) is 45.5 Å². The second-order valence-corrected chi connectivity index (χ2v) is 7.94. The van der Waals surface area contributed by atoms with Gasteiger partial charge in [0.25, 0.3) is 5.91 Å². The number of fused-ring (bicyclic) bond motifs is 4. The van der Waals surface area contributed by atoms with Crippen molar-refractivity contribution in [1.82, 2.24) is 14.9 Å². The molecule has 3 heterocycles. The summed E-state index contributed by atoms with van der Waals surface area (Å²) in [5, 5.41) is 7.32. The van der Waals surface area contributed by atoms with E-state index in [9.17, 15) is 9.59 Å². The van der Waals surface area contributed by atoms with Gasteiger partial charge in [-0.1, -0.05) is 53.5 Å². The van der Waals surface area contributed by atoms with Crippen molar-refractivity contribution in [2.75, 3.05) is 6.54 Å². The van der Waals surface area contributed by atoms with Gasteiger partial charge in [-0.3, -0.25) is 9.59 Å². The highest BCUT2D eigenvalue weighted by Crippen LogP contribution is 2.32. The quantitative estimate of drug-likeness (QED) is 0.635. The fourth-order valence-corrected chi connectivity index (χ4v) is 4.37. The zero-order valence-corrected chi connectivity index (χ0v) is 16.7. The van der Waals surface area contributed by atoms with Gasteiger partial charge in [-0.15, -0.1) is 0 Å². The highest BCUT2D eigenvalue weighted by molar-refractivity contribution is 6.43. The number of piperazine rings is 1. The van der Waals surface area contributed by atoms with Crippen molar-refractivity contribution in [2.45, 2.75) is 19.0 Å². The van der Waals surface area contributed by atoms with Gasteiger partial charge in [0.05, 0.1) is 22.8 Å². The Bertz CT molecular complexity index is 1190. The van der Waals surface area contributed by atoms with Gasteiger partial charge in [-0.2, -0.15) is 5.10 Å². The Morgan fingerprint density at radius 3 is 2.76 bits per heavy atom. The summed E-state index contributed by atoms with van der Waals surface area (Å²) in [6.45, 7) is 0.302. The molecular formula is C21H16Cl2N4O2. The van der Waals surface area contributed by atoms with E-state index in [1.165, 1.54) is 11.2 Å². The van der Waals surface area contributed by atoms with Crippen molar-refractivity contribution in [3.8, 4) is 0 Å². The highest BCUT2D eigenvalue weighted by atomic mass is 35.5. The van der Waals surface area contributed by atoms with Gasteiger partial charge in [0.1, 0.15) is 12.6 Å². The minimum absolute atomic E-state index is 0.0976. The zero-order valence-electron chi connectivity index (χ0n) is 15.2. The summed E-state index contributed by atoms with van der Waals surface area (Å²) < 4.78 is 0. The normalized spacial score (nSPS) is 19.2. The second kappa shape index (κ2) is 6.90. The van der Waals surface area contributed by atoms with E-state index in [-0.39, 0.29) is 18.4 Å². The monoisotopic (exact) mass is 426 g/mol. The minimum atomic E-state index is -0.560. The smallest absolute Gasteiger partial charge is 0.266 e. The number of hydrogen-bond acceptors (Lipinski definition) is 3. The molecule has 0 spiro atoms. The third-order valence-electron chi connectivity index (χ3n) is 5.47. The Balaban J connectivity index is 1.45. The Labute approximate surface area is 176 Å². The summed E-state index contributed by atoms with van der Waals surface area (Å²) in [4.78, 5) is 30.8. The van der Waals surface area contributed by atoms with E-state index >= 15 is 0 Å². The van der Waals surface area contributed by atoms with Crippen LogP contribution in [0.15, 0.2) is 47.6 Å². The van der Waals surface area contributed by atoms with Gasteiger partial charge in [0.2, 0.25) is 5.91 Å². The van der Waals surface area contributed by atoms with Gasteiger partial charge < -0.3 is 9.88 Å². The van der Waals surface area contributed by atoms with Crippen LogP contribution in [0.25, 0.3) is 10.9 Å². The van der Waals surface area contributed by atoms with Crippen LogP contribution < -0.4 is 0 Å². The summed E-state index contributed by atoms with van der Waals surface area (Å²) in [6.07, 6.45) is 1.93. The predicted molar refractivity (Wildman–Crippen MR) is 112 cm³/mol. The van der Waals surface area contributed by atoms with Crippen LogP contribution >= 0.6 is 23.2 Å². The van der Waals surface area contributed by atoms with Gasteiger partial charge in [-0.25, -0.2) is 5.01 Å². The summed E-state index contributed by atoms with van der Waals surface area (Å²) >= 11 is 12.2. The molecule has 2 amide bonds. The molecule has 6 nitrogen and oxygen atoms in total. The molecule has 8 heteroatoms. The topological polar surface area (TPSA) is 68.8 Å². The lowest BCUT2D eigenvalue weighted by Gasteiger charge is -2.40. The third kappa shape index (κ3) is 2.99. The molecule has 1 saturated heterocycles. The fourth-order valence-electron chi connectivity index (χ4n) is 4.01. The van der Waals surface area contributed by atoms with Crippen molar-refractivity contribution in [3.63, 3.8) is 0 Å². The number of aromatic nitrogens is 1. The first-order valence-electron chi connectivity index (χ1n) is 9.20. The molecule has 2 aliphatic rings. The summed E-state index contributed by atoms with van der Waals surface area (Å²) in [5.41, 5.74) is 3.69. The van der Waals surface area contributed by atoms with Crippen LogP contribution in [0.5, 0.6) is 0 Å². The molecule has 1 N–H and O–H groups in total. The summed E-state index contributed by atoms with van der Waals surface area (Å²) in [5.74, 6) is -0.330. The molecule has 0 bridgehead atoms. The molecule has 0 radical (unpaired) electrons. The van der Waals surface area contributed by atoms with E-state index in [1.54, 1.807) is 23.1 Å². The van der Waals surface area contributed by atoms with Crippen molar-refractivity contribution in [1.29, 1.82) is 0 Å². The number of aromatic amines is 1. The lowest BCUT2D eigenvalue weighted by Crippen LogP contribution is -2.60. The first-order chi connectivity index (χ1) is 14.0. The van der Waals surface area contributed by atoms with E-state index in [0.717, 1.165) is 22.2 Å². The predicted octanol–water partition coefficient (Wildman–Crippen LogP) is 3.60. The molecule has 0 aliphatic carbocycles. The molecule has 5 rings (SSSR count). The molecule has 0 unspecified atom stereocenters. The van der Waals surface area contributed by atoms with Crippen molar-refractivity contribution in [2.24, 2.45) is 5.10 Å². The summed E-state index contributed by atoms with van der Waals surface area (Å²) in [7, 11) is 0. The summed E-state index contributed by atoms with van der Waals surface area (Å²) in [6, 6.07) is 12.6. The Morgan fingerprint density at radius 1 is 1.07 bits per heavy atom. The number of amides is 2. The van der Waals surface area contributed by atoms with E-state index in [0.29, 0.717) is 28.6 Å². The number of nitrogens with zero attached hydrogens (tertiary/aromatic N) is 3. The lowest BCUT2D eigenvalue weighted by molar-refractivity contribution is -0.157. The molecule has 146 valence electrons. The van der Waals surface area contributed by atoms with Gasteiger partial charge in [-0.05, 0) is 17.7 Å². The first kappa shape index (κ1) is 18.2. The van der Waals surface area contributed by atoms with Crippen LogP contribution in [0.2, 0.25) is 10.0 Å². The van der Waals surface area contributed by atoms with Gasteiger partial charge in [0, 0.05) is 28.6 Å². The molecule has 1 atom stereocenters. The maximum Gasteiger partial charge on any atom is 0.266 e. The molecule has 2 aliphatic heterocycles. The van der Waals surface area contributed by atoms with E-state index in [2.05, 4.69) is 10.1 Å². The molecule has 2 aromatic carbocycles. The number of hydrogen-bond donors (Lipinski definition) is 1. The fraction of sp³-hybridized carbons (Fsp3) is 0.190. The first-order valence-corrected chi connectivity index (χ1v) is 9.96. The molecule has 1 aromatic heterocycles. The lowest BCUT2D eigenvalue weighted by atomic mass is 9.94. The van der Waals surface area contributed by atoms with Crippen molar-refractivity contribution in [3.05, 3.63) is 69.3 Å². The molecule has 29 heavy (non-hydrogen) atoms. The molecule has 3 aromatic rings. The molecule has 1 fully saturated rings. The minimum Gasteiger partial charge on any atom is -0.357 e. The number of para-hydroxylation sites is 1. The van der Waals surface area contributed by atoms with Crippen molar-refractivity contribution >= 4 is 52.1 Å². The number of hydrazone groups is 1. The average molecular weight is 427 g/mol.